The lowest BCUT2D eigenvalue weighted by Gasteiger charge is -2.30. The Hall–Kier alpha value is -1.29. The monoisotopic (exact) mass is 236 g/mol. The number of furan rings is 1. The summed E-state index contributed by atoms with van der Waals surface area (Å²) in [4.78, 5) is 11.3. The van der Waals surface area contributed by atoms with E-state index < -0.39 is 11.6 Å². The lowest BCUT2D eigenvalue weighted by atomic mass is 9.82. The summed E-state index contributed by atoms with van der Waals surface area (Å²) in [7, 11) is 1.32. The third-order valence-corrected chi connectivity index (χ3v) is 4.24. The Bertz CT molecular complexity index is 450. The molecule has 2 aliphatic carbocycles. The third-order valence-electron chi connectivity index (χ3n) is 4.24. The quantitative estimate of drug-likeness (QED) is 0.798. The normalized spacial score (nSPS) is 35.2. The highest BCUT2D eigenvalue weighted by Crippen LogP contribution is 2.55. The minimum Gasteiger partial charge on any atom is -0.463 e. The van der Waals surface area contributed by atoms with E-state index in [9.17, 15) is 9.90 Å². The molecule has 0 amide bonds. The number of methoxy groups -OCH3 is 1. The Morgan fingerprint density at radius 2 is 2.35 bits per heavy atom. The molecule has 92 valence electrons. The minimum atomic E-state index is -0.866. The van der Waals surface area contributed by atoms with Crippen LogP contribution in [0.5, 0.6) is 0 Å². The van der Waals surface area contributed by atoms with Gasteiger partial charge in [0, 0.05) is 0 Å². The lowest BCUT2D eigenvalue weighted by Crippen LogP contribution is -2.31. The van der Waals surface area contributed by atoms with Crippen molar-refractivity contribution in [1.82, 2.24) is 0 Å². The molecule has 0 radical (unpaired) electrons. The number of fused-ring (bicyclic) bond motifs is 2. The van der Waals surface area contributed by atoms with E-state index in [1.807, 2.05) is 0 Å². The number of esters is 1. The van der Waals surface area contributed by atoms with E-state index in [4.69, 9.17) is 4.42 Å². The van der Waals surface area contributed by atoms with Gasteiger partial charge in [-0.25, -0.2) is 4.79 Å². The van der Waals surface area contributed by atoms with Gasteiger partial charge in [-0.05, 0) is 49.7 Å². The van der Waals surface area contributed by atoms with Crippen molar-refractivity contribution in [2.75, 3.05) is 7.11 Å². The average molecular weight is 236 g/mol. The summed E-state index contributed by atoms with van der Waals surface area (Å²) in [5, 5.41) is 10.7. The number of aliphatic hydroxyl groups is 1. The Morgan fingerprint density at radius 1 is 1.53 bits per heavy atom. The molecular weight excluding hydrogens is 220 g/mol. The minimum absolute atomic E-state index is 0.165. The topological polar surface area (TPSA) is 59.7 Å². The first kappa shape index (κ1) is 10.8. The molecule has 2 fully saturated rings. The number of hydrogen-bond acceptors (Lipinski definition) is 4. The van der Waals surface area contributed by atoms with Gasteiger partial charge in [0.1, 0.15) is 11.4 Å². The Morgan fingerprint density at radius 3 is 2.94 bits per heavy atom. The largest absolute Gasteiger partial charge is 0.463 e. The number of carbonyl (C=O) groups excluding carboxylic acids is 1. The van der Waals surface area contributed by atoms with Crippen LogP contribution in [0.3, 0.4) is 0 Å². The van der Waals surface area contributed by atoms with Crippen LogP contribution >= 0.6 is 0 Å². The summed E-state index contributed by atoms with van der Waals surface area (Å²) < 4.78 is 10.0. The van der Waals surface area contributed by atoms with E-state index in [2.05, 4.69) is 4.74 Å². The molecule has 0 saturated heterocycles. The molecule has 1 heterocycles. The van der Waals surface area contributed by atoms with E-state index in [-0.39, 0.29) is 11.7 Å². The summed E-state index contributed by atoms with van der Waals surface area (Å²) in [5.74, 6) is 1.08. The van der Waals surface area contributed by atoms with Crippen LogP contribution in [0.2, 0.25) is 0 Å². The molecule has 2 aliphatic rings. The number of ether oxygens (including phenoxy) is 1. The first-order valence-corrected chi connectivity index (χ1v) is 6.04. The molecule has 2 bridgehead atoms. The van der Waals surface area contributed by atoms with Gasteiger partial charge in [-0.2, -0.15) is 0 Å². The van der Waals surface area contributed by atoms with Gasteiger partial charge in [0.05, 0.1) is 7.11 Å². The molecule has 3 atom stereocenters. The molecule has 4 nitrogen and oxygen atoms in total. The molecule has 1 aromatic heterocycles. The fraction of sp³-hybridized carbons (Fsp3) is 0.615. The van der Waals surface area contributed by atoms with E-state index in [0.29, 0.717) is 11.7 Å². The van der Waals surface area contributed by atoms with Gasteiger partial charge in [0.25, 0.3) is 0 Å². The maximum absolute atomic E-state index is 11.3. The van der Waals surface area contributed by atoms with Gasteiger partial charge in [0.15, 0.2) is 0 Å². The van der Waals surface area contributed by atoms with Crippen molar-refractivity contribution in [3.05, 3.63) is 23.7 Å². The number of hydrogen-bond donors (Lipinski definition) is 1. The SMILES string of the molecule is COC(=O)c1ccc(C2(O)CC3CCC2C3)o1. The summed E-state index contributed by atoms with van der Waals surface area (Å²) in [6.45, 7) is 0. The van der Waals surface area contributed by atoms with Crippen molar-refractivity contribution in [1.29, 1.82) is 0 Å². The molecule has 4 heteroatoms. The molecule has 3 rings (SSSR count). The number of rotatable bonds is 2. The predicted octanol–water partition coefficient (Wildman–Crippen LogP) is 2.07. The second kappa shape index (κ2) is 3.60. The van der Waals surface area contributed by atoms with E-state index >= 15 is 0 Å². The van der Waals surface area contributed by atoms with Crippen molar-refractivity contribution in [2.45, 2.75) is 31.3 Å². The molecule has 0 aliphatic heterocycles. The fourth-order valence-corrected chi connectivity index (χ4v) is 3.38. The first-order chi connectivity index (χ1) is 8.13. The molecule has 1 N–H and O–H groups in total. The Balaban J connectivity index is 1.89. The zero-order valence-electron chi connectivity index (χ0n) is 9.81. The maximum atomic E-state index is 11.3. The average Bonchev–Trinajstić information content (AvgIpc) is 3.01. The van der Waals surface area contributed by atoms with Gasteiger partial charge >= 0.3 is 5.97 Å². The lowest BCUT2D eigenvalue weighted by molar-refractivity contribution is -0.0375. The smallest absolute Gasteiger partial charge is 0.373 e. The van der Waals surface area contributed by atoms with Gasteiger partial charge in [-0.1, -0.05) is 0 Å². The van der Waals surface area contributed by atoms with Crippen molar-refractivity contribution in [3.63, 3.8) is 0 Å². The molecular formula is C13H16O4. The van der Waals surface area contributed by atoms with Crippen LogP contribution in [-0.2, 0) is 10.3 Å². The molecule has 17 heavy (non-hydrogen) atoms. The van der Waals surface area contributed by atoms with Gasteiger partial charge in [0.2, 0.25) is 5.76 Å². The fourth-order valence-electron chi connectivity index (χ4n) is 3.38. The third kappa shape index (κ3) is 1.51. The molecule has 2 saturated carbocycles. The highest BCUT2D eigenvalue weighted by molar-refractivity contribution is 5.86. The molecule has 0 aromatic carbocycles. The van der Waals surface area contributed by atoms with Gasteiger partial charge < -0.3 is 14.3 Å². The van der Waals surface area contributed by atoms with E-state index in [1.54, 1.807) is 12.1 Å². The van der Waals surface area contributed by atoms with E-state index in [1.165, 1.54) is 13.5 Å². The summed E-state index contributed by atoms with van der Waals surface area (Å²) in [6, 6.07) is 3.28. The molecule has 1 aromatic rings. The molecule has 0 spiro atoms. The summed E-state index contributed by atoms with van der Waals surface area (Å²) in [6.07, 6.45) is 4.09. The predicted molar refractivity (Wildman–Crippen MR) is 59.4 cm³/mol. The standard InChI is InChI=1S/C13H16O4/c1-16-12(14)10-4-5-11(17-10)13(15)7-8-2-3-9(13)6-8/h4-5,8-9,15H,2-3,6-7H2,1H3. The zero-order valence-corrected chi connectivity index (χ0v) is 9.81. The van der Waals surface area contributed by atoms with Crippen LogP contribution in [0.4, 0.5) is 0 Å². The Labute approximate surface area is 99.6 Å². The second-order valence-corrected chi connectivity index (χ2v) is 5.16. The van der Waals surface area contributed by atoms with Gasteiger partial charge in [-0.15, -0.1) is 0 Å². The maximum Gasteiger partial charge on any atom is 0.373 e. The van der Waals surface area contributed by atoms with Crippen LogP contribution in [0.25, 0.3) is 0 Å². The van der Waals surface area contributed by atoms with Crippen LogP contribution in [-0.4, -0.2) is 18.2 Å². The van der Waals surface area contributed by atoms with Crippen LogP contribution < -0.4 is 0 Å². The second-order valence-electron chi connectivity index (χ2n) is 5.16. The van der Waals surface area contributed by atoms with Crippen LogP contribution in [0.1, 0.15) is 42.0 Å². The summed E-state index contributed by atoms with van der Waals surface area (Å²) >= 11 is 0. The van der Waals surface area contributed by atoms with Crippen molar-refractivity contribution < 1.29 is 19.1 Å². The van der Waals surface area contributed by atoms with Gasteiger partial charge in [-0.3, -0.25) is 0 Å². The zero-order chi connectivity index (χ0) is 12.0. The van der Waals surface area contributed by atoms with Crippen molar-refractivity contribution in [2.24, 2.45) is 11.8 Å². The Kier molecular flexibility index (Phi) is 2.30. The highest BCUT2D eigenvalue weighted by Gasteiger charge is 2.52. The summed E-state index contributed by atoms with van der Waals surface area (Å²) in [5.41, 5.74) is -0.866. The van der Waals surface area contributed by atoms with Crippen LogP contribution in [0, 0.1) is 11.8 Å². The highest BCUT2D eigenvalue weighted by atomic mass is 16.5. The van der Waals surface area contributed by atoms with E-state index in [0.717, 1.165) is 19.3 Å². The van der Waals surface area contributed by atoms with Crippen molar-refractivity contribution in [3.8, 4) is 0 Å². The number of carbonyl (C=O) groups is 1. The molecule has 3 unspecified atom stereocenters. The van der Waals surface area contributed by atoms with Crippen molar-refractivity contribution >= 4 is 5.97 Å². The first-order valence-electron chi connectivity index (χ1n) is 6.04. The van der Waals surface area contributed by atoms with Crippen LogP contribution in [0.15, 0.2) is 16.5 Å².